The van der Waals surface area contributed by atoms with Crippen LogP contribution in [0.2, 0.25) is 0 Å². The van der Waals surface area contributed by atoms with Crippen LogP contribution in [0.4, 0.5) is 0 Å². The van der Waals surface area contributed by atoms with Crippen molar-refractivity contribution in [1.82, 2.24) is 14.5 Å². The Kier molecular flexibility index (Phi) is 3.18. The first-order valence-electron chi connectivity index (χ1n) is 5.56. The number of aromatic nitrogens is 3. The summed E-state index contributed by atoms with van der Waals surface area (Å²) in [6.07, 6.45) is 5.56. The molecule has 3 N–H and O–H groups in total. The van der Waals surface area contributed by atoms with Crippen molar-refractivity contribution < 1.29 is 0 Å². The Labute approximate surface area is 99.8 Å². The maximum Gasteiger partial charge on any atom is 0.141 e. The van der Waals surface area contributed by atoms with Gasteiger partial charge in [-0.3, -0.25) is 9.98 Å². The Bertz CT molecular complexity index is 529. The number of hydrogen-bond donors (Lipinski definition) is 2. The number of aryl methyl sites for hydroxylation is 1. The molecule has 88 valence electrons. The van der Waals surface area contributed by atoms with E-state index in [-0.39, 0.29) is 5.84 Å². The van der Waals surface area contributed by atoms with E-state index < -0.39 is 0 Å². The molecule has 0 spiro atoms. The van der Waals surface area contributed by atoms with Gasteiger partial charge in [-0.25, -0.2) is 9.97 Å². The van der Waals surface area contributed by atoms with Crippen LogP contribution in [0.15, 0.2) is 30.6 Å². The quantitative estimate of drug-likeness (QED) is 0.616. The highest BCUT2D eigenvalue weighted by Gasteiger charge is 2.06. The molecule has 0 saturated carbocycles. The predicted molar refractivity (Wildman–Crippen MR) is 66.4 cm³/mol. The Morgan fingerprint density at radius 2 is 2.29 bits per heavy atom. The van der Waals surface area contributed by atoms with Crippen LogP contribution in [-0.2, 0) is 6.42 Å². The molecule has 17 heavy (non-hydrogen) atoms. The molecular weight excluding hydrogens is 214 g/mol. The lowest BCUT2D eigenvalue weighted by Crippen LogP contribution is -2.14. The van der Waals surface area contributed by atoms with Crippen LogP contribution in [0.1, 0.15) is 24.9 Å². The molecule has 0 aliphatic heterocycles. The number of rotatable bonds is 4. The van der Waals surface area contributed by atoms with Gasteiger partial charge in [0.1, 0.15) is 23.2 Å². The minimum absolute atomic E-state index is 0.0241. The second-order valence-electron chi connectivity index (χ2n) is 3.76. The molecular formula is C12H15N5. The number of nitrogens with one attached hydrogen (secondary N) is 1. The Balaban J connectivity index is 2.42. The fourth-order valence-corrected chi connectivity index (χ4v) is 1.66. The second kappa shape index (κ2) is 4.78. The van der Waals surface area contributed by atoms with Crippen molar-refractivity contribution in [1.29, 1.82) is 5.41 Å². The van der Waals surface area contributed by atoms with E-state index >= 15 is 0 Å². The van der Waals surface area contributed by atoms with Gasteiger partial charge in [-0.05, 0) is 18.6 Å². The van der Waals surface area contributed by atoms with E-state index in [1.54, 1.807) is 12.3 Å². The largest absolute Gasteiger partial charge is 0.382 e. The van der Waals surface area contributed by atoms with Gasteiger partial charge in [0.2, 0.25) is 0 Å². The summed E-state index contributed by atoms with van der Waals surface area (Å²) in [4.78, 5) is 8.63. The smallest absolute Gasteiger partial charge is 0.141 e. The minimum atomic E-state index is -0.0241. The van der Waals surface area contributed by atoms with Crippen LogP contribution < -0.4 is 5.73 Å². The molecule has 0 amide bonds. The number of pyridine rings is 1. The molecule has 0 aliphatic rings. The van der Waals surface area contributed by atoms with Crippen LogP contribution >= 0.6 is 0 Å². The fourth-order valence-electron chi connectivity index (χ4n) is 1.66. The van der Waals surface area contributed by atoms with E-state index in [0.29, 0.717) is 5.69 Å². The van der Waals surface area contributed by atoms with Crippen molar-refractivity contribution in [2.24, 2.45) is 5.73 Å². The number of nitrogens with zero attached hydrogens (tertiary/aromatic N) is 3. The van der Waals surface area contributed by atoms with Gasteiger partial charge in [-0.1, -0.05) is 13.0 Å². The zero-order valence-corrected chi connectivity index (χ0v) is 9.72. The van der Waals surface area contributed by atoms with Crippen molar-refractivity contribution in [2.45, 2.75) is 19.8 Å². The lowest BCUT2D eigenvalue weighted by Gasteiger charge is -2.07. The van der Waals surface area contributed by atoms with Gasteiger partial charge < -0.3 is 5.73 Å². The number of nitrogens with two attached hydrogens (primary N) is 1. The third kappa shape index (κ3) is 2.33. The lowest BCUT2D eigenvalue weighted by atomic mass is 10.3. The summed E-state index contributed by atoms with van der Waals surface area (Å²) in [7, 11) is 0. The highest BCUT2D eigenvalue weighted by molar-refractivity contribution is 5.93. The zero-order valence-electron chi connectivity index (χ0n) is 9.72. The highest BCUT2D eigenvalue weighted by Crippen LogP contribution is 2.10. The molecule has 0 radical (unpaired) electrons. The van der Waals surface area contributed by atoms with Crippen LogP contribution in [0, 0.1) is 5.41 Å². The Morgan fingerprint density at radius 3 is 3.00 bits per heavy atom. The normalized spacial score (nSPS) is 10.4. The first-order valence-corrected chi connectivity index (χ1v) is 5.56. The molecule has 5 nitrogen and oxygen atoms in total. The number of amidine groups is 1. The predicted octanol–water partition coefficient (Wildman–Crippen LogP) is 1.50. The number of imidazole rings is 1. The summed E-state index contributed by atoms with van der Waals surface area (Å²) in [5.41, 5.74) is 5.91. The maximum atomic E-state index is 7.38. The van der Waals surface area contributed by atoms with Crippen LogP contribution in [0.5, 0.6) is 0 Å². The third-order valence-electron chi connectivity index (χ3n) is 2.45. The monoisotopic (exact) mass is 229 g/mol. The summed E-state index contributed by atoms with van der Waals surface area (Å²) >= 11 is 0. The van der Waals surface area contributed by atoms with Crippen LogP contribution in [0.25, 0.3) is 5.82 Å². The van der Waals surface area contributed by atoms with E-state index in [9.17, 15) is 0 Å². The molecule has 0 saturated heterocycles. The van der Waals surface area contributed by atoms with E-state index in [1.165, 1.54) is 0 Å². The van der Waals surface area contributed by atoms with E-state index in [2.05, 4.69) is 16.9 Å². The zero-order chi connectivity index (χ0) is 12.3. The molecule has 5 heteroatoms. The van der Waals surface area contributed by atoms with Gasteiger partial charge in [0.15, 0.2) is 0 Å². The molecule has 0 fully saturated rings. The van der Waals surface area contributed by atoms with Crippen molar-refractivity contribution in [3.05, 3.63) is 42.1 Å². The van der Waals surface area contributed by atoms with Gasteiger partial charge in [0, 0.05) is 18.8 Å². The number of nitrogen functional groups attached to an aromatic ring is 1. The molecule has 0 aromatic carbocycles. The Morgan fingerprint density at radius 1 is 1.47 bits per heavy atom. The maximum absolute atomic E-state index is 7.38. The SMILES string of the molecule is CCCc1nccn1-c1cccc(C(=N)N)n1. The number of hydrogen-bond acceptors (Lipinski definition) is 3. The van der Waals surface area contributed by atoms with Gasteiger partial charge in [0.25, 0.3) is 0 Å². The molecule has 2 heterocycles. The van der Waals surface area contributed by atoms with Crippen LogP contribution in [0.3, 0.4) is 0 Å². The van der Waals surface area contributed by atoms with Gasteiger partial charge in [0.05, 0.1) is 0 Å². The van der Waals surface area contributed by atoms with Gasteiger partial charge >= 0.3 is 0 Å². The molecule has 2 aromatic heterocycles. The molecule has 0 aliphatic carbocycles. The molecule has 2 aromatic rings. The summed E-state index contributed by atoms with van der Waals surface area (Å²) in [5, 5.41) is 7.38. The molecule has 0 atom stereocenters. The van der Waals surface area contributed by atoms with Crippen molar-refractivity contribution in [2.75, 3.05) is 0 Å². The summed E-state index contributed by atoms with van der Waals surface area (Å²) in [5.74, 6) is 1.70. The van der Waals surface area contributed by atoms with Crippen molar-refractivity contribution in [3.63, 3.8) is 0 Å². The summed E-state index contributed by atoms with van der Waals surface area (Å²) in [6, 6.07) is 5.45. The van der Waals surface area contributed by atoms with Crippen molar-refractivity contribution >= 4 is 5.84 Å². The first-order chi connectivity index (χ1) is 8.22. The Hall–Kier alpha value is -2.17. The average Bonchev–Trinajstić information content (AvgIpc) is 2.78. The minimum Gasteiger partial charge on any atom is -0.382 e. The summed E-state index contributed by atoms with van der Waals surface area (Å²) < 4.78 is 1.93. The third-order valence-corrected chi connectivity index (χ3v) is 2.45. The fraction of sp³-hybridized carbons (Fsp3) is 0.250. The lowest BCUT2D eigenvalue weighted by molar-refractivity contribution is 0.797. The van der Waals surface area contributed by atoms with E-state index in [1.807, 2.05) is 22.9 Å². The van der Waals surface area contributed by atoms with Gasteiger partial charge in [-0.15, -0.1) is 0 Å². The van der Waals surface area contributed by atoms with E-state index in [4.69, 9.17) is 11.1 Å². The average molecular weight is 229 g/mol. The molecule has 2 rings (SSSR count). The standard InChI is InChI=1S/C12H15N5/c1-2-4-10-15-7-8-17(10)11-6-3-5-9(16-11)12(13)14/h3,5-8H,2,4H2,1H3,(H3,13,14). The topological polar surface area (TPSA) is 80.6 Å². The first kappa shape index (κ1) is 11.3. The highest BCUT2D eigenvalue weighted by atomic mass is 15.1. The molecule has 0 bridgehead atoms. The van der Waals surface area contributed by atoms with Crippen LogP contribution in [-0.4, -0.2) is 20.4 Å². The second-order valence-corrected chi connectivity index (χ2v) is 3.76. The van der Waals surface area contributed by atoms with Crippen molar-refractivity contribution in [3.8, 4) is 5.82 Å². The van der Waals surface area contributed by atoms with E-state index in [0.717, 1.165) is 24.5 Å². The van der Waals surface area contributed by atoms with Gasteiger partial charge in [-0.2, -0.15) is 0 Å². The molecule has 0 unspecified atom stereocenters. The summed E-state index contributed by atoms with van der Waals surface area (Å²) in [6.45, 7) is 2.11.